The van der Waals surface area contributed by atoms with E-state index in [1.165, 1.54) is 0 Å². The Morgan fingerprint density at radius 2 is 1.56 bits per heavy atom. The second-order valence-corrected chi connectivity index (χ2v) is 4.59. The molecule has 1 aliphatic rings. The number of hydrogen-bond donors (Lipinski definition) is 0. The molecule has 0 N–H and O–H groups in total. The molecule has 2 nitrogen and oxygen atoms in total. The van der Waals surface area contributed by atoms with Crippen LogP contribution in [-0.2, 0) is 9.05 Å². The highest BCUT2D eigenvalue weighted by Gasteiger charge is 2.06. The molecule has 1 aliphatic heterocycles. The van der Waals surface area contributed by atoms with Gasteiger partial charge in [0.15, 0.2) is 8.38 Å². The third-order valence-corrected chi connectivity index (χ3v) is 2.91. The van der Waals surface area contributed by atoms with Gasteiger partial charge in [-0.25, -0.2) is 0 Å². The maximum atomic E-state index is 5.54. The van der Waals surface area contributed by atoms with Crippen molar-refractivity contribution in [1.29, 1.82) is 0 Å². The van der Waals surface area contributed by atoms with Gasteiger partial charge in [0.05, 0.1) is 13.2 Å². The largest absolute Gasteiger partial charge is 0.334 e. The summed E-state index contributed by atoms with van der Waals surface area (Å²) in [5.74, 6) is 0. The molecule has 0 radical (unpaired) electrons. The lowest BCUT2D eigenvalue weighted by Gasteiger charge is -2.17. The summed E-state index contributed by atoms with van der Waals surface area (Å²) in [4.78, 5) is 0. The van der Waals surface area contributed by atoms with E-state index < -0.39 is 8.38 Å². The lowest BCUT2D eigenvalue weighted by atomic mass is 10.4. The minimum Gasteiger partial charge on any atom is -0.334 e. The van der Waals surface area contributed by atoms with Gasteiger partial charge in [0.2, 0.25) is 0 Å². The van der Waals surface area contributed by atoms with Crippen LogP contribution in [0.25, 0.3) is 0 Å². The van der Waals surface area contributed by atoms with E-state index in [9.17, 15) is 0 Å². The quantitative estimate of drug-likeness (QED) is 0.629. The molecule has 0 saturated carbocycles. The van der Waals surface area contributed by atoms with Crippen LogP contribution >= 0.6 is 20.0 Å². The molecule has 1 heterocycles. The molecule has 0 bridgehead atoms. The molecule has 0 spiro atoms. The van der Waals surface area contributed by atoms with Gasteiger partial charge in [-0.1, -0.05) is 43.6 Å². The molecule has 0 unspecified atom stereocenters. The van der Waals surface area contributed by atoms with Gasteiger partial charge in [0, 0.05) is 11.7 Å². The van der Waals surface area contributed by atoms with Crippen molar-refractivity contribution in [3.05, 3.63) is 35.4 Å². The third-order valence-electron chi connectivity index (χ3n) is 1.57. The second-order valence-electron chi connectivity index (χ2n) is 2.76. The SMILES string of the molecule is CC.CP1OCCCO1.Clc1ccccc1. The average Bonchev–Trinajstić information content (AvgIpc) is 2.34. The van der Waals surface area contributed by atoms with E-state index in [0.717, 1.165) is 24.7 Å². The van der Waals surface area contributed by atoms with Crippen LogP contribution in [0.1, 0.15) is 20.3 Å². The molecule has 4 heteroatoms. The molecule has 0 aromatic heterocycles. The lowest BCUT2D eigenvalue weighted by molar-refractivity contribution is 0.185. The lowest BCUT2D eigenvalue weighted by Crippen LogP contribution is -2.03. The van der Waals surface area contributed by atoms with Gasteiger partial charge in [0.1, 0.15) is 0 Å². The van der Waals surface area contributed by atoms with Crippen LogP contribution in [0.2, 0.25) is 5.02 Å². The molecule has 1 aromatic carbocycles. The van der Waals surface area contributed by atoms with E-state index in [4.69, 9.17) is 20.6 Å². The molecule has 1 aromatic rings. The van der Waals surface area contributed by atoms with E-state index in [-0.39, 0.29) is 0 Å². The van der Waals surface area contributed by atoms with Gasteiger partial charge < -0.3 is 9.05 Å². The minimum absolute atomic E-state index is 0.492. The predicted molar refractivity (Wildman–Crippen MR) is 72.2 cm³/mol. The number of rotatable bonds is 0. The predicted octanol–water partition coefficient (Wildman–Crippen LogP) is 4.73. The van der Waals surface area contributed by atoms with E-state index in [2.05, 4.69) is 0 Å². The van der Waals surface area contributed by atoms with Crippen LogP contribution in [0.15, 0.2) is 30.3 Å². The zero-order chi connectivity index (χ0) is 12.2. The van der Waals surface area contributed by atoms with Crippen LogP contribution in [0.3, 0.4) is 0 Å². The number of benzene rings is 1. The van der Waals surface area contributed by atoms with Crippen molar-refractivity contribution < 1.29 is 9.05 Å². The van der Waals surface area contributed by atoms with Crippen molar-refractivity contribution in [2.75, 3.05) is 19.9 Å². The molecular weight excluding hydrogens is 243 g/mol. The van der Waals surface area contributed by atoms with E-state index in [1.807, 2.05) is 50.8 Å². The summed E-state index contributed by atoms with van der Waals surface area (Å²) < 4.78 is 10.2. The maximum Gasteiger partial charge on any atom is 0.167 e. The Kier molecular flexibility index (Phi) is 11.2. The van der Waals surface area contributed by atoms with Crippen molar-refractivity contribution in [2.24, 2.45) is 0 Å². The summed E-state index contributed by atoms with van der Waals surface area (Å²) in [6, 6.07) is 9.44. The normalized spacial score (nSPS) is 15.2. The molecule has 0 aliphatic carbocycles. The zero-order valence-electron chi connectivity index (χ0n) is 10.1. The van der Waals surface area contributed by atoms with Gasteiger partial charge in [-0.15, -0.1) is 0 Å². The van der Waals surface area contributed by atoms with E-state index >= 15 is 0 Å². The molecule has 0 amide bonds. The van der Waals surface area contributed by atoms with Crippen LogP contribution in [0, 0.1) is 0 Å². The summed E-state index contributed by atoms with van der Waals surface area (Å²) in [6.45, 7) is 7.76. The summed E-state index contributed by atoms with van der Waals surface area (Å²) in [5.41, 5.74) is 0. The van der Waals surface area contributed by atoms with Crippen LogP contribution < -0.4 is 0 Å². The van der Waals surface area contributed by atoms with Crippen molar-refractivity contribution in [3.63, 3.8) is 0 Å². The Balaban J connectivity index is 0.000000244. The molecule has 0 atom stereocenters. The first-order valence-electron chi connectivity index (χ1n) is 5.49. The van der Waals surface area contributed by atoms with Crippen LogP contribution in [0.5, 0.6) is 0 Å². The third kappa shape index (κ3) is 9.11. The fourth-order valence-electron chi connectivity index (χ4n) is 0.897. The average molecular weight is 263 g/mol. The van der Waals surface area contributed by atoms with Crippen molar-refractivity contribution in [1.82, 2.24) is 0 Å². The maximum absolute atomic E-state index is 5.54. The monoisotopic (exact) mass is 262 g/mol. The van der Waals surface area contributed by atoms with Crippen molar-refractivity contribution in [2.45, 2.75) is 20.3 Å². The Bertz CT molecular complexity index is 238. The molecule has 1 fully saturated rings. The van der Waals surface area contributed by atoms with E-state index in [1.54, 1.807) is 0 Å². The van der Waals surface area contributed by atoms with Crippen LogP contribution in [-0.4, -0.2) is 19.9 Å². The summed E-state index contributed by atoms with van der Waals surface area (Å²) in [5, 5.41) is 0.794. The highest BCUT2D eigenvalue weighted by atomic mass is 35.5. The van der Waals surface area contributed by atoms with Crippen molar-refractivity contribution >= 4 is 20.0 Å². The highest BCUT2D eigenvalue weighted by molar-refractivity contribution is 7.46. The summed E-state index contributed by atoms with van der Waals surface area (Å²) in [6.07, 6.45) is 1.06. The number of halogens is 1. The Morgan fingerprint density at radius 1 is 1.06 bits per heavy atom. The topological polar surface area (TPSA) is 18.5 Å². The van der Waals surface area contributed by atoms with Crippen LogP contribution in [0.4, 0.5) is 0 Å². The first-order valence-corrected chi connectivity index (χ1v) is 7.49. The molecular formula is C12H20ClO2P. The van der Waals surface area contributed by atoms with Gasteiger partial charge in [-0.2, -0.15) is 0 Å². The van der Waals surface area contributed by atoms with Gasteiger partial charge in [-0.3, -0.25) is 0 Å². The van der Waals surface area contributed by atoms with Crippen molar-refractivity contribution in [3.8, 4) is 0 Å². The summed E-state index contributed by atoms with van der Waals surface area (Å²) in [7, 11) is -0.492. The Hall–Kier alpha value is -0.140. The fourth-order valence-corrected chi connectivity index (χ4v) is 1.89. The highest BCUT2D eigenvalue weighted by Crippen LogP contribution is 2.36. The molecule has 92 valence electrons. The number of hydrogen-bond acceptors (Lipinski definition) is 2. The first-order chi connectivity index (χ1) is 7.79. The van der Waals surface area contributed by atoms with Gasteiger partial charge in [-0.05, 0) is 18.6 Å². The van der Waals surface area contributed by atoms with Gasteiger partial charge in [0.25, 0.3) is 0 Å². The second kappa shape index (κ2) is 11.3. The standard InChI is InChI=1S/C6H5Cl.C4H9O2P.C2H6/c7-6-4-2-1-3-5-6;1-7-5-3-2-4-6-7;1-2/h1-5H;2-4H2,1H3;1-2H3. The Morgan fingerprint density at radius 3 is 1.81 bits per heavy atom. The van der Waals surface area contributed by atoms with Gasteiger partial charge >= 0.3 is 0 Å². The smallest absolute Gasteiger partial charge is 0.167 e. The zero-order valence-corrected chi connectivity index (χ0v) is 11.8. The minimum atomic E-state index is -0.492. The molecule has 16 heavy (non-hydrogen) atoms. The van der Waals surface area contributed by atoms with E-state index in [0.29, 0.717) is 0 Å². The molecule has 2 rings (SSSR count). The summed E-state index contributed by atoms with van der Waals surface area (Å²) >= 11 is 5.54. The first kappa shape index (κ1) is 15.9. The molecule has 1 saturated heterocycles. The fraction of sp³-hybridized carbons (Fsp3) is 0.500. The Labute approximate surface area is 105 Å².